The van der Waals surface area contributed by atoms with Gasteiger partial charge in [-0.2, -0.15) is 0 Å². The molecule has 0 aromatic heterocycles. The normalized spacial score (nSPS) is 10.4. The number of nitrogens with one attached hydrogen (secondary N) is 2. The summed E-state index contributed by atoms with van der Waals surface area (Å²) >= 11 is 0. The molecule has 0 saturated carbocycles. The molecule has 0 heterocycles. The Balaban J connectivity index is 2.68. The van der Waals surface area contributed by atoms with E-state index in [9.17, 15) is 14.9 Å². The molecule has 2 N–H and O–H groups in total. The minimum absolute atomic E-state index is 0.00327. The average Bonchev–Trinajstić information content (AvgIpc) is 2.44. The summed E-state index contributed by atoms with van der Waals surface area (Å²) < 4.78 is 0. The summed E-state index contributed by atoms with van der Waals surface area (Å²) in [5, 5.41) is 16.2. The number of hydrogen-bond donors (Lipinski definition) is 2. The largest absolute Gasteiger partial charge is 0.383 e. The van der Waals surface area contributed by atoms with E-state index in [0.29, 0.717) is 25.2 Å². The minimum atomic E-state index is -0.412. The van der Waals surface area contributed by atoms with E-state index in [1.165, 1.54) is 6.07 Å². The fraction of sp³-hybridized carbons (Fsp3) is 0.462. The fourth-order valence-corrected chi connectivity index (χ4v) is 1.85. The van der Waals surface area contributed by atoms with Crippen molar-refractivity contribution in [3.05, 3.63) is 33.9 Å². The Morgan fingerprint density at radius 3 is 2.65 bits per heavy atom. The minimum Gasteiger partial charge on any atom is -0.383 e. The van der Waals surface area contributed by atoms with Gasteiger partial charge in [-0.3, -0.25) is 14.9 Å². The molecule has 0 saturated heterocycles. The molecule has 0 fully saturated rings. The molecule has 110 valence electrons. The molecule has 0 unspecified atom stereocenters. The molecule has 0 aliphatic heterocycles. The number of carbonyl (C=O) groups is 1. The van der Waals surface area contributed by atoms with Crippen molar-refractivity contribution in [2.75, 3.05) is 33.0 Å². The highest BCUT2D eigenvalue weighted by Crippen LogP contribution is 2.25. The van der Waals surface area contributed by atoms with Crippen molar-refractivity contribution in [2.24, 2.45) is 0 Å². The summed E-state index contributed by atoms with van der Waals surface area (Å²) in [5.74, 6) is -0.00327. The average molecular weight is 280 g/mol. The highest BCUT2D eigenvalue weighted by molar-refractivity contribution is 5.75. The topological polar surface area (TPSA) is 87.5 Å². The molecule has 1 aromatic rings. The number of rotatable bonds is 7. The number of nitro groups is 1. The van der Waals surface area contributed by atoms with E-state index in [4.69, 9.17) is 0 Å². The van der Waals surface area contributed by atoms with Gasteiger partial charge in [0.2, 0.25) is 5.91 Å². The standard InChI is InChI=1S/C13H20N4O3/c1-14-11-8-10(4-5-12(11)17(19)20)9-16(3)7-6-13(18)15-2/h4-5,8,14H,6-7,9H2,1-3H3,(H,15,18). The first-order valence-electron chi connectivity index (χ1n) is 6.32. The lowest BCUT2D eigenvalue weighted by molar-refractivity contribution is -0.384. The third-order valence-electron chi connectivity index (χ3n) is 2.98. The summed E-state index contributed by atoms with van der Waals surface area (Å²) in [4.78, 5) is 23.6. The van der Waals surface area contributed by atoms with E-state index in [-0.39, 0.29) is 11.6 Å². The van der Waals surface area contributed by atoms with Crippen LogP contribution in [0.5, 0.6) is 0 Å². The maximum atomic E-state index is 11.2. The summed E-state index contributed by atoms with van der Waals surface area (Å²) in [6.45, 7) is 1.26. The van der Waals surface area contributed by atoms with Gasteiger partial charge >= 0.3 is 0 Å². The quantitative estimate of drug-likeness (QED) is 0.579. The van der Waals surface area contributed by atoms with Gasteiger partial charge in [0.15, 0.2) is 0 Å². The molecule has 0 aliphatic rings. The molecule has 7 nitrogen and oxygen atoms in total. The van der Waals surface area contributed by atoms with Crippen molar-refractivity contribution in [1.29, 1.82) is 0 Å². The summed E-state index contributed by atoms with van der Waals surface area (Å²) in [7, 11) is 5.17. The molecule has 1 rings (SSSR count). The monoisotopic (exact) mass is 280 g/mol. The molecule has 1 amide bonds. The fourth-order valence-electron chi connectivity index (χ4n) is 1.85. The van der Waals surface area contributed by atoms with Crippen LogP contribution < -0.4 is 10.6 Å². The second kappa shape index (κ2) is 7.44. The zero-order chi connectivity index (χ0) is 15.1. The SMILES string of the molecule is CNC(=O)CCN(C)Cc1ccc([N+](=O)[O-])c(NC)c1. The molecule has 0 radical (unpaired) electrons. The first kappa shape index (κ1) is 15.9. The number of hydrogen-bond acceptors (Lipinski definition) is 5. The second-order valence-electron chi connectivity index (χ2n) is 4.52. The van der Waals surface area contributed by atoms with Crippen LogP contribution in [0.2, 0.25) is 0 Å². The van der Waals surface area contributed by atoms with Crippen molar-refractivity contribution in [3.63, 3.8) is 0 Å². The van der Waals surface area contributed by atoms with Gasteiger partial charge in [-0.05, 0) is 18.7 Å². The van der Waals surface area contributed by atoms with Gasteiger partial charge in [0, 0.05) is 39.7 Å². The Bertz CT molecular complexity index is 491. The molecule has 0 atom stereocenters. The van der Waals surface area contributed by atoms with Gasteiger partial charge in [-0.15, -0.1) is 0 Å². The summed E-state index contributed by atoms with van der Waals surface area (Å²) in [6, 6.07) is 4.98. The van der Waals surface area contributed by atoms with Crippen LogP contribution >= 0.6 is 0 Å². The van der Waals surface area contributed by atoms with E-state index in [0.717, 1.165) is 5.56 Å². The maximum absolute atomic E-state index is 11.2. The number of benzene rings is 1. The third-order valence-corrected chi connectivity index (χ3v) is 2.98. The molecular weight excluding hydrogens is 260 g/mol. The molecule has 0 spiro atoms. The van der Waals surface area contributed by atoms with Gasteiger partial charge in [0.05, 0.1) is 4.92 Å². The molecule has 1 aromatic carbocycles. The van der Waals surface area contributed by atoms with Crippen LogP contribution in [0, 0.1) is 10.1 Å². The number of nitro benzene ring substituents is 1. The Morgan fingerprint density at radius 1 is 1.40 bits per heavy atom. The first-order chi connectivity index (χ1) is 9.47. The van der Waals surface area contributed by atoms with Crippen molar-refractivity contribution >= 4 is 17.3 Å². The van der Waals surface area contributed by atoms with Crippen LogP contribution in [0.25, 0.3) is 0 Å². The second-order valence-corrected chi connectivity index (χ2v) is 4.52. The predicted molar refractivity (Wildman–Crippen MR) is 77.7 cm³/mol. The number of amides is 1. The van der Waals surface area contributed by atoms with Crippen LogP contribution in [0.3, 0.4) is 0 Å². The zero-order valence-corrected chi connectivity index (χ0v) is 12.0. The van der Waals surface area contributed by atoms with Crippen LogP contribution in [-0.2, 0) is 11.3 Å². The Hall–Kier alpha value is -2.15. The lowest BCUT2D eigenvalue weighted by Gasteiger charge is -2.16. The molecule has 0 aliphatic carbocycles. The van der Waals surface area contributed by atoms with Gasteiger partial charge in [0.25, 0.3) is 5.69 Å². The Kier molecular flexibility index (Phi) is 5.92. The van der Waals surface area contributed by atoms with E-state index in [1.54, 1.807) is 26.2 Å². The lowest BCUT2D eigenvalue weighted by Crippen LogP contribution is -2.26. The Labute approximate surface area is 118 Å². The van der Waals surface area contributed by atoms with Crippen LogP contribution in [0.4, 0.5) is 11.4 Å². The number of anilines is 1. The van der Waals surface area contributed by atoms with Gasteiger partial charge in [-0.25, -0.2) is 0 Å². The number of carbonyl (C=O) groups excluding carboxylic acids is 1. The van der Waals surface area contributed by atoms with Crippen molar-refractivity contribution in [1.82, 2.24) is 10.2 Å². The first-order valence-corrected chi connectivity index (χ1v) is 6.32. The highest BCUT2D eigenvalue weighted by atomic mass is 16.6. The zero-order valence-electron chi connectivity index (χ0n) is 12.0. The molecule has 0 bridgehead atoms. The van der Waals surface area contributed by atoms with Gasteiger partial charge < -0.3 is 15.5 Å². The summed E-state index contributed by atoms with van der Waals surface area (Å²) in [6.07, 6.45) is 0.429. The highest BCUT2D eigenvalue weighted by Gasteiger charge is 2.13. The van der Waals surface area contributed by atoms with E-state index < -0.39 is 4.92 Å². The number of nitrogens with zero attached hydrogens (tertiary/aromatic N) is 2. The smallest absolute Gasteiger partial charge is 0.292 e. The van der Waals surface area contributed by atoms with Crippen molar-refractivity contribution in [3.8, 4) is 0 Å². The van der Waals surface area contributed by atoms with E-state index in [1.807, 2.05) is 11.9 Å². The third kappa shape index (κ3) is 4.51. The van der Waals surface area contributed by atoms with Crippen molar-refractivity contribution in [2.45, 2.75) is 13.0 Å². The summed E-state index contributed by atoms with van der Waals surface area (Å²) in [5.41, 5.74) is 1.51. The van der Waals surface area contributed by atoms with Gasteiger partial charge in [0.1, 0.15) is 5.69 Å². The maximum Gasteiger partial charge on any atom is 0.292 e. The lowest BCUT2D eigenvalue weighted by atomic mass is 10.1. The van der Waals surface area contributed by atoms with Crippen LogP contribution in [-0.4, -0.2) is 43.4 Å². The van der Waals surface area contributed by atoms with Gasteiger partial charge in [-0.1, -0.05) is 6.07 Å². The predicted octanol–water partition coefficient (Wildman–Crippen LogP) is 1.20. The van der Waals surface area contributed by atoms with Crippen LogP contribution in [0.1, 0.15) is 12.0 Å². The Morgan fingerprint density at radius 2 is 2.10 bits per heavy atom. The van der Waals surface area contributed by atoms with E-state index in [2.05, 4.69) is 10.6 Å². The molecular formula is C13H20N4O3. The molecule has 20 heavy (non-hydrogen) atoms. The van der Waals surface area contributed by atoms with Crippen LogP contribution in [0.15, 0.2) is 18.2 Å². The van der Waals surface area contributed by atoms with Crippen molar-refractivity contribution < 1.29 is 9.72 Å². The van der Waals surface area contributed by atoms with E-state index >= 15 is 0 Å². The molecule has 7 heteroatoms.